The van der Waals surface area contributed by atoms with Crippen molar-refractivity contribution in [2.45, 2.75) is 109 Å². The molecule has 0 aliphatic carbocycles. The molecule has 0 spiro atoms. The van der Waals surface area contributed by atoms with Gasteiger partial charge in [-0.15, -0.1) is 6.58 Å². The van der Waals surface area contributed by atoms with Crippen LogP contribution in [0.5, 0.6) is 0 Å². The van der Waals surface area contributed by atoms with Crippen molar-refractivity contribution < 1.29 is 17.7 Å². The van der Waals surface area contributed by atoms with Gasteiger partial charge in [0.1, 0.15) is 6.10 Å². The molecule has 2 aliphatic rings. The van der Waals surface area contributed by atoms with E-state index in [1.54, 1.807) is 0 Å². The van der Waals surface area contributed by atoms with E-state index in [-0.39, 0.29) is 18.3 Å². The van der Waals surface area contributed by atoms with Crippen molar-refractivity contribution in [1.82, 2.24) is 0 Å². The monoisotopic (exact) mass is 400 g/mol. The standard InChI is InChI=1S/C20H40O4Si2/c1-10-11-18-12-19-20(22-18)13-21-25(14(2)3,15(4)5)24-26(23-19,16(6)7)17(8)9/h10,14-20H,1,11-13H2,2-9H3. The van der Waals surface area contributed by atoms with Gasteiger partial charge in [-0.25, -0.2) is 0 Å². The van der Waals surface area contributed by atoms with Gasteiger partial charge < -0.3 is 17.7 Å². The van der Waals surface area contributed by atoms with E-state index in [1.807, 2.05) is 6.08 Å². The number of hydrogen-bond donors (Lipinski definition) is 0. The number of hydrogen-bond acceptors (Lipinski definition) is 4. The third kappa shape index (κ3) is 4.05. The highest BCUT2D eigenvalue weighted by Crippen LogP contribution is 2.47. The van der Waals surface area contributed by atoms with Crippen LogP contribution in [-0.2, 0) is 17.7 Å². The molecule has 3 atom stereocenters. The number of ether oxygens (including phenoxy) is 1. The summed E-state index contributed by atoms with van der Waals surface area (Å²) in [5.74, 6) is 0. The maximum absolute atomic E-state index is 7.17. The van der Waals surface area contributed by atoms with Gasteiger partial charge in [-0.3, -0.25) is 0 Å². The fourth-order valence-corrected chi connectivity index (χ4v) is 15.8. The van der Waals surface area contributed by atoms with Crippen LogP contribution in [0.3, 0.4) is 0 Å². The molecule has 2 saturated heterocycles. The third-order valence-corrected chi connectivity index (χ3v) is 16.3. The Balaban J connectivity index is 2.45. The molecule has 6 heteroatoms. The van der Waals surface area contributed by atoms with Gasteiger partial charge in [-0.1, -0.05) is 61.5 Å². The molecule has 0 radical (unpaired) electrons. The van der Waals surface area contributed by atoms with Crippen molar-refractivity contribution in [3.05, 3.63) is 12.7 Å². The number of rotatable bonds is 6. The van der Waals surface area contributed by atoms with Crippen LogP contribution in [0.4, 0.5) is 0 Å². The zero-order chi connectivity index (χ0) is 19.7. The van der Waals surface area contributed by atoms with Gasteiger partial charge in [0.05, 0.1) is 18.8 Å². The van der Waals surface area contributed by atoms with E-state index >= 15 is 0 Å². The van der Waals surface area contributed by atoms with Crippen molar-refractivity contribution in [3.63, 3.8) is 0 Å². The van der Waals surface area contributed by atoms with Crippen molar-refractivity contribution in [2.75, 3.05) is 6.61 Å². The molecule has 3 unspecified atom stereocenters. The Kier molecular flexibility index (Phi) is 7.36. The predicted molar refractivity (Wildman–Crippen MR) is 112 cm³/mol. The van der Waals surface area contributed by atoms with Crippen molar-refractivity contribution in [1.29, 1.82) is 0 Å². The fourth-order valence-electron chi connectivity index (χ4n) is 4.57. The normalized spacial score (nSPS) is 31.3. The van der Waals surface area contributed by atoms with Gasteiger partial charge >= 0.3 is 17.1 Å². The van der Waals surface area contributed by atoms with E-state index in [4.69, 9.17) is 17.7 Å². The van der Waals surface area contributed by atoms with Gasteiger partial charge in [0.2, 0.25) is 0 Å². The van der Waals surface area contributed by atoms with Gasteiger partial charge in [-0.2, -0.15) is 0 Å². The SMILES string of the molecule is C=CCC1CC2O[Si](C(C)C)(C(C)C)O[Si](C(C)C)(C(C)C)OCC2O1. The van der Waals surface area contributed by atoms with Crippen LogP contribution in [0, 0.1) is 0 Å². The molecule has 4 nitrogen and oxygen atoms in total. The average molecular weight is 401 g/mol. The van der Waals surface area contributed by atoms with Gasteiger partial charge in [0.15, 0.2) is 0 Å². The maximum Gasteiger partial charge on any atom is 0.335 e. The minimum Gasteiger partial charge on any atom is -0.414 e. The molecule has 2 aliphatic heterocycles. The smallest absolute Gasteiger partial charge is 0.335 e. The van der Waals surface area contributed by atoms with Crippen LogP contribution >= 0.6 is 0 Å². The van der Waals surface area contributed by atoms with Gasteiger partial charge in [0, 0.05) is 6.42 Å². The Hall–Kier alpha value is 0.0138. The Morgan fingerprint density at radius 3 is 1.88 bits per heavy atom. The molecule has 0 amide bonds. The van der Waals surface area contributed by atoms with E-state index in [9.17, 15) is 0 Å². The van der Waals surface area contributed by atoms with E-state index in [0.29, 0.717) is 28.8 Å². The summed E-state index contributed by atoms with van der Waals surface area (Å²) in [6.07, 6.45) is 3.99. The largest absolute Gasteiger partial charge is 0.414 e. The first-order valence-electron chi connectivity index (χ1n) is 10.4. The van der Waals surface area contributed by atoms with Crippen molar-refractivity contribution in [3.8, 4) is 0 Å². The summed E-state index contributed by atoms with van der Waals surface area (Å²) in [4.78, 5) is 0. The zero-order valence-electron chi connectivity index (χ0n) is 18.1. The molecule has 0 N–H and O–H groups in total. The second-order valence-electron chi connectivity index (χ2n) is 9.19. The molecule has 26 heavy (non-hydrogen) atoms. The quantitative estimate of drug-likeness (QED) is 0.425. The fraction of sp³-hybridized carbons (Fsp3) is 0.900. The molecule has 0 aromatic heterocycles. The molecule has 2 fully saturated rings. The van der Waals surface area contributed by atoms with Crippen LogP contribution in [0.2, 0.25) is 22.2 Å². The Morgan fingerprint density at radius 2 is 1.42 bits per heavy atom. The molecule has 0 aromatic rings. The third-order valence-electron chi connectivity index (χ3n) is 6.05. The summed E-state index contributed by atoms with van der Waals surface area (Å²) < 4.78 is 27.2. The van der Waals surface area contributed by atoms with Crippen LogP contribution in [0.1, 0.15) is 68.2 Å². The Labute approximate surface area is 163 Å². The maximum atomic E-state index is 7.17. The van der Waals surface area contributed by atoms with Crippen LogP contribution in [0.15, 0.2) is 12.7 Å². The molecule has 0 aromatic carbocycles. The molecule has 0 bridgehead atoms. The van der Waals surface area contributed by atoms with E-state index < -0.39 is 17.1 Å². The summed E-state index contributed by atoms with van der Waals surface area (Å²) in [5, 5.41) is 0. The lowest BCUT2D eigenvalue weighted by Gasteiger charge is -2.51. The lowest BCUT2D eigenvalue weighted by Crippen LogP contribution is -2.65. The summed E-state index contributed by atoms with van der Waals surface area (Å²) >= 11 is 0. The van der Waals surface area contributed by atoms with Crippen LogP contribution in [-0.4, -0.2) is 42.0 Å². The lowest BCUT2D eigenvalue weighted by atomic mass is 10.1. The van der Waals surface area contributed by atoms with E-state index in [2.05, 4.69) is 62.0 Å². The highest BCUT2D eigenvalue weighted by atomic mass is 28.5. The van der Waals surface area contributed by atoms with Crippen LogP contribution < -0.4 is 0 Å². The summed E-state index contributed by atoms with van der Waals surface area (Å²) in [5.41, 5.74) is 1.48. The summed E-state index contributed by atoms with van der Waals surface area (Å²) in [6, 6.07) is 0. The van der Waals surface area contributed by atoms with E-state index in [0.717, 1.165) is 12.8 Å². The van der Waals surface area contributed by atoms with Gasteiger partial charge in [-0.05, 0) is 28.6 Å². The highest BCUT2D eigenvalue weighted by molar-refractivity contribution is 6.83. The summed E-state index contributed by atoms with van der Waals surface area (Å²) in [7, 11) is -4.93. The van der Waals surface area contributed by atoms with Crippen molar-refractivity contribution >= 4 is 17.1 Å². The van der Waals surface area contributed by atoms with Crippen LogP contribution in [0.25, 0.3) is 0 Å². The van der Waals surface area contributed by atoms with Gasteiger partial charge in [0.25, 0.3) is 0 Å². The van der Waals surface area contributed by atoms with Crippen molar-refractivity contribution in [2.24, 2.45) is 0 Å². The summed E-state index contributed by atoms with van der Waals surface area (Å²) in [6.45, 7) is 22.5. The van der Waals surface area contributed by atoms with E-state index in [1.165, 1.54) is 0 Å². The molecular formula is C20H40O4Si2. The Bertz CT molecular complexity index is 462. The first kappa shape index (κ1) is 22.3. The first-order valence-corrected chi connectivity index (χ1v) is 14.3. The minimum absolute atomic E-state index is 0.0117. The molecule has 2 heterocycles. The average Bonchev–Trinajstić information content (AvgIpc) is 2.88. The molecular weight excluding hydrogens is 360 g/mol. The topological polar surface area (TPSA) is 36.9 Å². The molecule has 152 valence electrons. The Morgan fingerprint density at radius 1 is 0.885 bits per heavy atom. The first-order chi connectivity index (χ1) is 12.1. The second kappa shape index (κ2) is 8.58. The molecule has 2 rings (SSSR count). The number of fused-ring (bicyclic) bond motifs is 1. The minimum atomic E-state index is -2.49. The second-order valence-corrected chi connectivity index (χ2v) is 18.0. The molecule has 0 saturated carbocycles. The highest BCUT2D eigenvalue weighted by Gasteiger charge is 2.59. The zero-order valence-corrected chi connectivity index (χ0v) is 20.1. The lowest BCUT2D eigenvalue weighted by molar-refractivity contribution is -0.0372. The predicted octanol–water partition coefficient (Wildman–Crippen LogP) is 5.68.